The van der Waals surface area contributed by atoms with Crippen molar-refractivity contribution in [2.45, 2.75) is 20.8 Å². The number of methoxy groups -OCH3 is 1. The largest absolute Gasteiger partial charge is 0.494 e. The minimum atomic E-state index is -0.447. The van der Waals surface area contributed by atoms with Crippen molar-refractivity contribution < 1.29 is 9.53 Å². The summed E-state index contributed by atoms with van der Waals surface area (Å²) >= 11 is 0. The first-order valence-electron chi connectivity index (χ1n) is 8.53. The molecule has 2 aromatic carbocycles. The van der Waals surface area contributed by atoms with Crippen LogP contribution in [0.5, 0.6) is 5.75 Å². The smallest absolute Gasteiger partial charge is 0.280 e. The first-order valence-corrected chi connectivity index (χ1v) is 8.53. The Bertz CT molecular complexity index is 1070. The molecule has 3 aromatic rings. The van der Waals surface area contributed by atoms with Crippen LogP contribution in [0.1, 0.15) is 27.2 Å². The number of carbonyl (C=O) groups is 1. The topological polar surface area (TPSA) is 73.2 Å². The van der Waals surface area contributed by atoms with Crippen molar-refractivity contribution in [3.8, 4) is 11.4 Å². The lowest BCUT2D eigenvalue weighted by atomic mass is 10.1. The highest BCUT2D eigenvalue weighted by molar-refractivity contribution is 6.04. The van der Waals surface area contributed by atoms with Crippen LogP contribution in [0.3, 0.4) is 0 Å². The summed E-state index contributed by atoms with van der Waals surface area (Å²) in [5, 5.41) is 7.09. The minimum absolute atomic E-state index is 0.0404. The van der Waals surface area contributed by atoms with E-state index >= 15 is 0 Å². The van der Waals surface area contributed by atoms with Gasteiger partial charge in [0.2, 0.25) is 0 Å². The number of nitrogens with one attached hydrogen (secondary N) is 1. The highest BCUT2D eigenvalue weighted by Crippen LogP contribution is 2.19. The number of hydrogen-bond donors (Lipinski definition) is 1. The standard InChI is InChI=1S/C21H21N3O3/c1-13-9-10-16(11-15(13)3)22-21(26)20-18(27-4)12-19(25)24(23-20)17-8-6-5-7-14(17)2/h5-12H,1-4H3,(H,22,26). The summed E-state index contributed by atoms with van der Waals surface area (Å²) in [5.74, 6) is -0.316. The van der Waals surface area contributed by atoms with Gasteiger partial charge in [-0.3, -0.25) is 9.59 Å². The van der Waals surface area contributed by atoms with E-state index in [1.165, 1.54) is 17.9 Å². The Morgan fingerprint density at radius 1 is 1.00 bits per heavy atom. The van der Waals surface area contributed by atoms with E-state index in [-0.39, 0.29) is 17.0 Å². The monoisotopic (exact) mass is 363 g/mol. The lowest BCUT2D eigenvalue weighted by Gasteiger charge is -2.13. The Balaban J connectivity index is 2.04. The van der Waals surface area contributed by atoms with E-state index < -0.39 is 5.91 Å². The number of benzene rings is 2. The summed E-state index contributed by atoms with van der Waals surface area (Å²) in [6.07, 6.45) is 0. The quantitative estimate of drug-likeness (QED) is 0.771. The lowest BCUT2D eigenvalue weighted by molar-refractivity contribution is 0.101. The molecule has 0 radical (unpaired) electrons. The molecule has 0 aliphatic carbocycles. The van der Waals surface area contributed by atoms with Gasteiger partial charge in [-0.1, -0.05) is 24.3 Å². The van der Waals surface area contributed by atoms with Gasteiger partial charge >= 0.3 is 0 Å². The van der Waals surface area contributed by atoms with E-state index in [4.69, 9.17) is 4.74 Å². The maximum absolute atomic E-state index is 12.8. The normalized spacial score (nSPS) is 10.5. The van der Waals surface area contributed by atoms with Crippen LogP contribution in [-0.2, 0) is 0 Å². The van der Waals surface area contributed by atoms with Gasteiger partial charge in [-0.05, 0) is 55.7 Å². The van der Waals surface area contributed by atoms with Crippen LogP contribution < -0.4 is 15.6 Å². The summed E-state index contributed by atoms with van der Waals surface area (Å²) in [5.41, 5.74) is 4.01. The Labute approximate surface area is 157 Å². The fraction of sp³-hybridized carbons (Fsp3) is 0.190. The van der Waals surface area contributed by atoms with E-state index in [1.807, 2.05) is 57.2 Å². The molecule has 1 N–H and O–H groups in total. The number of para-hydroxylation sites is 1. The molecule has 0 spiro atoms. The van der Waals surface area contributed by atoms with E-state index in [0.717, 1.165) is 16.7 Å². The molecule has 0 saturated heterocycles. The second kappa shape index (κ2) is 7.45. The number of aromatic nitrogens is 2. The fourth-order valence-electron chi connectivity index (χ4n) is 2.74. The third-order valence-corrected chi connectivity index (χ3v) is 4.44. The maximum atomic E-state index is 12.8. The predicted molar refractivity (Wildman–Crippen MR) is 105 cm³/mol. The van der Waals surface area contributed by atoms with E-state index in [9.17, 15) is 9.59 Å². The number of carbonyl (C=O) groups excluding carboxylic acids is 1. The second-order valence-electron chi connectivity index (χ2n) is 6.35. The summed E-state index contributed by atoms with van der Waals surface area (Å²) in [6.45, 7) is 5.86. The number of aryl methyl sites for hydroxylation is 3. The van der Waals surface area contributed by atoms with Crippen molar-refractivity contribution in [1.82, 2.24) is 9.78 Å². The van der Waals surface area contributed by atoms with Gasteiger partial charge < -0.3 is 10.1 Å². The molecule has 1 aromatic heterocycles. The van der Waals surface area contributed by atoms with Crippen LogP contribution >= 0.6 is 0 Å². The maximum Gasteiger partial charge on any atom is 0.280 e. The molecule has 0 aliphatic rings. The number of anilines is 1. The molecular formula is C21H21N3O3. The van der Waals surface area contributed by atoms with Crippen molar-refractivity contribution in [2.75, 3.05) is 12.4 Å². The van der Waals surface area contributed by atoms with Crippen LogP contribution in [0.25, 0.3) is 5.69 Å². The molecule has 1 amide bonds. The minimum Gasteiger partial charge on any atom is -0.494 e. The lowest BCUT2D eigenvalue weighted by Crippen LogP contribution is -2.26. The number of ether oxygens (including phenoxy) is 1. The Kier molecular flexibility index (Phi) is 5.07. The van der Waals surface area contributed by atoms with Gasteiger partial charge in [0.15, 0.2) is 11.4 Å². The van der Waals surface area contributed by atoms with Crippen molar-refractivity contribution >= 4 is 11.6 Å². The third kappa shape index (κ3) is 3.74. The predicted octanol–water partition coefficient (Wildman–Crippen LogP) is 3.42. The zero-order valence-corrected chi connectivity index (χ0v) is 15.7. The van der Waals surface area contributed by atoms with Gasteiger partial charge in [0, 0.05) is 5.69 Å². The summed E-state index contributed by atoms with van der Waals surface area (Å²) in [6, 6.07) is 14.3. The molecule has 6 heteroatoms. The average molecular weight is 363 g/mol. The van der Waals surface area contributed by atoms with Crippen molar-refractivity contribution in [2.24, 2.45) is 0 Å². The zero-order chi connectivity index (χ0) is 19.6. The first-order chi connectivity index (χ1) is 12.9. The molecule has 0 fully saturated rings. The molecule has 0 atom stereocenters. The average Bonchev–Trinajstić information content (AvgIpc) is 2.65. The second-order valence-corrected chi connectivity index (χ2v) is 6.35. The van der Waals surface area contributed by atoms with Crippen molar-refractivity contribution in [1.29, 1.82) is 0 Å². The van der Waals surface area contributed by atoms with Gasteiger partial charge in [-0.25, -0.2) is 0 Å². The zero-order valence-electron chi connectivity index (χ0n) is 15.7. The summed E-state index contributed by atoms with van der Waals surface area (Å²) < 4.78 is 6.43. The molecular weight excluding hydrogens is 342 g/mol. The molecule has 0 unspecified atom stereocenters. The van der Waals surface area contributed by atoms with Gasteiger partial charge in [0.05, 0.1) is 18.9 Å². The van der Waals surface area contributed by atoms with E-state index in [0.29, 0.717) is 11.4 Å². The number of nitrogens with zero attached hydrogens (tertiary/aromatic N) is 2. The SMILES string of the molecule is COc1cc(=O)n(-c2ccccc2C)nc1C(=O)Nc1ccc(C)c(C)c1. The summed E-state index contributed by atoms with van der Waals surface area (Å²) in [4.78, 5) is 25.3. The van der Waals surface area contributed by atoms with Crippen molar-refractivity contribution in [3.05, 3.63) is 81.3 Å². The van der Waals surface area contributed by atoms with Gasteiger partial charge in [-0.15, -0.1) is 0 Å². The van der Waals surface area contributed by atoms with Gasteiger partial charge in [0.25, 0.3) is 11.5 Å². The first kappa shape index (κ1) is 18.4. The highest BCUT2D eigenvalue weighted by Gasteiger charge is 2.19. The molecule has 0 bridgehead atoms. The number of hydrogen-bond acceptors (Lipinski definition) is 4. The molecule has 1 heterocycles. The van der Waals surface area contributed by atoms with Crippen molar-refractivity contribution in [3.63, 3.8) is 0 Å². The fourth-order valence-corrected chi connectivity index (χ4v) is 2.74. The van der Waals surface area contributed by atoms with Crippen LogP contribution in [0, 0.1) is 20.8 Å². The summed E-state index contributed by atoms with van der Waals surface area (Å²) in [7, 11) is 1.40. The van der Waals surface area contributed by atoms with Gasteiger partial charge in [-0.2, -0.15) is 9.78 Å². The van der Waals surface area contributed by atoms with Crippen LogP contribution in [0.2, 0.25) is 0 Å². The van der Waals surface area contributed by atoms with E-state index in [1.54, 1.807) is 6.07 Å². The molecule has 138 valence electrons. The Hall–Kier alpha value is -3.41. The number of amides is 1. The van der Waals surface area contributed by atoms with Crippen LogP contribution in [0.15, 0.2) is 53.3 Å². The third-order valence-electron chi connectivity index (χ3n) is 4.44. The van der Waals surface area contributed by atoms with Crippen LogP contribution in [0.4, 0.5) is 5.69 Å². The number of rotatable bonds is 4. The molecule has 0 saturated carbocycles. The van der Waals surface area contributed by atoms with E-state index in [2.05, 4.69) is 10.4 Å². The Morgan fingerprint density at radius 2 is 1.74 bits per heavy atom. The Morgan fingerprint density at radius 3 is 2.41 bits per heavy atom. The molecule has 27 heavy (non-hydrogen) atoms. The molecule has 6 nitrogen and oxygen atoms in total. The van der Waals surface area contributed by atoms with Crippen LogP contribution in [-0.4, -0.2) is 22.8 Å². The van der Waals surface area contributed by atoms with Gasteiger partial charge in [0.1, 0.15) is 0 Å². The highest BCUT2D eigenvalue weighted by atomic mass is 16.5. The molecule has 0 aliphatic heterocycles. The molecule has 3 rings (SSSR count).